The smallest absolute Gasteiger partial charge is 0.378 e. The van der Waals surface area contributed by atoms with Gasteiger partial charge in [0.1, 0.15) is 0 Å². The van der Waals surface area contributed by atoms with Gasteiger partial charge in [-0.05, 0) is 37.5 Å². The van der Waals surface area contributed by atoms with Gasteiger partial charge in [-0.15, -0.1) is 0 Å². The lowest BCUT2D eigenvalue weighted by molar-refractivity contribution is -0.137. The molecule has 156 valence electrons. The molecule has 1 aliphatic carbocycles. The first-order valence-electron chi connectivity index (χ1n) is 9.62. The van der Waals surface area contributed by atoms with Crippen LogP contribution in [-0.4, -0.2) is 54.1 Å². The molecule has 0 unspecified atom stereocenters. The Morgan fingerprint density at radius 1 is 1.21 bits per heavy atom. The van der Waals surface area contributed by atoms with Gasteiger partial charge in [-0.25, -0.2) is 4.79 Å². The zero-order valence-corrected chi connectivity index (χ0v) is 16.0. The molecule has 0 bridgehead atoms. The minimum absolute atomic E-state index is 0.0324. The second-order valence-corrected chi connectivity index (χ2v) is 7.51. The van der Waals surface area contributed by atoms with Crippen molar-refractivity contribution in [3.63, 3.8) is 0 Å². The van der Waals surface area contributed by atoms with Gasteiger partial charge in [0, 0.05) is 24.8 Å². The third-order valence-electron chi connectivity index (χ3n) is 5.51. The predicted molar refractivity (Wildman–Crippen MR) is 97.7 cm³/mol. The summed E-state index contributed by atoms with van der Waals surface area (Å²) in [7, 11) is 0. The van der Waals surface area contributed by atoms with E-state index in [1.54, 1.807) is 16.7 Å². The number of carbonyl (C=O) groups is 2. The standard InChI is InChI=1S/C20H22F3N3O3/c1-12-16(18(27)25-7-9-29-10-8-25)17(24-19(28)26(12)15-5-6-15)13-3-2-4-14(11-13)20(21,22)23/h2-4,11,15,17H,5-10H2,1H3,(H,24,28)/t17-/m0/s1. The highest BCUT2D eigenvalue weighted by Gasteiger charge is 2.43. The molecule has 1 N–H and O–H groups in total. The first-order chi connectivity index (χ1) is 13.8. The number of halogens is 3. The molecule has 2 heterocycles. The maximum atomic E-state index is 13.3. The van der Waals surface area contributed by atoms with Crippen LogP contribution in [0.15, 0.2) is 35.5 Å². The second kappa shape index (κ2) is 7.37. The van der Waals surface area contributed by atoms with E-state index in [-0.39, 0.29) is 23.5 Å². The summed E-state index contributed by atoms with van der Waals surface area (Å²) in [5.74, 6) is -0.279. The van der Waals surface area contributed by atoms with E-state index in [2.05, 4.69) is 5.32 Å². The monoisotopic (exact) mass is 409 g/mol. The number of nitrogens with zero attached hydrogens (tertiary/aromatic N) is 2. The highest BCUT2D eigenvalue weighted by atomic mass is 19.4. The fourth-order valence-corrected chi connectivity index (χ4v) is 3.89. The molecule has 1 aromatic carbocycles. The average molecular weight is 409 g/mol. The van der Waals surface area contributed by atoms with Crippen molar-refractivity contribution in [3.8, 4) is 0 Å². The molecule has 1 saturated carbocycles. The highest BCUT2D eigenvalue weighted by molar-refractivity contribution is 5.98. The summed E-state index contributed by atoms with van der Waals surface area (Å²) in [5, 5.41) is 2.77. The number of benzene rings is 1. The van der Waals surface area contributed by atoms with E-state index in [0.29, 0.717) is 37.6 Å². The van der Waals surface area contributed by atoms with Gasteiger partial charge in [-0.1, -0.05) is 12.1 Å². The highest BCUT2D eigenvalue weighted by Crippen LogP contribution is 2.39. The maximum absolute atomic E-state index is 13.3. The molecule has 1 saturated heterocycles. The van der Waals surface area contributed by atoms with Gasteiger partial charge < -0.3 is 15.0 Å². The van der Waals surface area contributed by atoms with E-state index in [1.165, 1.54) is 12.1 Å². The quantitative estimate of drug-likeness (QED) is 0.835. The van der Waals surface area contributed by atoms with Crippen molar-refractivity contribution < 1.29 is 27.5 Å². The Morgan fingerprint density at radius 3 is 2.52 bits per heavy atom. The molecule has 2 aliphatic heterocycles. The molecule has 0 radical (unpaired) electrons. The van der Waals surface area contributed by atoms with Crippen molar-refractivity contribution in [2.45, 2.75) is 38.0 Å². The molecular weight excluding hydrogens is 387 g/mol. The van der Waals surface area contributed by atoms with Gasteiger partial charge in [0.2, 0.25) is 0 Å². The molecule has 4 rings (SSSR count). The number of urea groups is 1. The minimum atomic E-state index is -4.51. The number of allylic oxidation sites excluding steroid dienone is 1. The Labute approximate surface area is 166 Å². The zero-order valence-electron chi connectivity index (χ0n) is 16.0. The topological polar surface area (TPSA) is 61.9 Å². The summed E-state index contributed by atoms with van der Waals surface area (Å²) in [6.45, 7) is 3.33. The summed E-state index contributed by atoms with van der Waals surface area (Å²) in [4.78, 5) is 29.2. The molecule has 0 aromatic heterocycles. The van der Waals surface area contributed by atoms with Gasteiger partial charge >= 0.3 is 12.2 Å². The summed E-state index contributed by atoms with van der Waals surface area (Å²) in [6, 6.07) is 3.49. The summed E-state index contributed by atoms with van der Waals surface area (Å²) >= 11 is 0. The van der Waals surface area contributed by atoms with E-state index < -0.39 is 17.8 Å². The van der Waals surface area contributed by atoms with Crippen molar-refractivity contribution in [1.29, 1.82) is 0 Å². The van der Waals surface area contributed by atoms with Crippen molar-refractivity contribution in [1.82, 2.24) is 15.1 Å². The molecule has 2 fully saturated rings. The van der Waals surface area contributed by atoms with Gasteiger partial charge in [0.25, 0.3) is 5.91 Å². The van der Waals surface area contributed by atoms with Crippen molar-refractivity contribution in [2.24, 2.45) is 0 Å². The number of ether oxygens (including phenoxy) is 1. The molecule has 9 heteroatoms. The fraction of sp³-hybridized carbons (Fsp3) is 0.500. The molecule has 0 spiro atoms. The number of carbonyl (C=O) groups excluding carboxylic acids is 2. The van der Waals surface area contributed by atoms with Crippen LogP contribution in [0, 0.1) is 0 Å². The van der Waals surface area contributed by atoms with Crippen molar-refractivity contribution in [2.75, 3.05) is 26.3 Å². The summed E-state index contributed by atoms with van der Waals surface area (Å²) in [5.41, 5.74) is 0.247. The minimum Gasteiger partial charge on any atom is -0.378 e. The van der Waals surface area contributed by atoms with E-state index >= 15 is 0 Å². The predicted octanol–water partition coefficient (Wildman–Crippen LogP) is 3.07. The Bertz CT molecular complexity index is 858. The van der Waals surface area contributed by atoms with E-state index in [9.17, 15) is 22.8 Å². The number of alkyl halides is 3. The van der Waals surface area contributed by atoms with Crippen LogP contribution in [0.5, 0.6) is 0 Å². The number of hydrogen-bond donors (Lipinski definition) is 1. The fourth-order valence-electron chi connectivity index (χ4n) is 3.89. The average Bonchev–Trinajstić information content (AvgIpc) is 3.52. The third kappa shape index (κ3) is 3.83. The van der Waals surface area contributed by atoms with Gasteiger partial charge in [0.05, 0.1) is 30.4 Å². The Morgan fingerprint density at radius 2 is 1.90 bits per heavy atom. The number of rotatable bonds is 3. The van der Waals surface area contributed by atoms with Crippen LogP contribution in [0.3, 0.4) is 0 Å². The zero-order chi connectivity index (χ0) is 20.8. The lowest BCUT2D eigenvalue weighted by atomic mass is 9.92. The normalized spacial score (nSPS) is 23.3. The van der Waals surface area contributed by atoms with Crippen LogP contribution >= 0.6 is 0 Å². The molecule has 6 nitrogen and oxygen atoms in total. The first kappa shape index (κ1) is 19.8. The Balaban J connectivity index is 1.76. The lowest BCUT2D eigenvalue weighted by Gasteiger charge is -2.38. The first-order valence-corrected chi connectivity index (χ1v) is 9.62. The Kier molecular flexibility index (Phi) is 5.02. The van der Waals surface area contributed by atoms with E-state index in [1.807, 2.05) is 0 Å². The van der Waals surface area contributed by atoms with Gasteiger partial charge in [-0.3, -0.25) is 9.69 Å². The van der Waals surface area contributed by atoms with Crippen molar-refractivity contribution in [3.05, 3.63) is 46.7 Å². The molecular formula is C20H22F3N3O3. The largest absolute Gasteiger partial charge is 0.416 e. The van der Waals surface area contributed by atoms with E-state index in [4.69, 9.17) is 4.74 Å². The molecule has 3 aliphatic rings. The van der Waals surface area contributed by atoms with Crippen LogP contribution < -0.4 is 5.32 Å². The summed E-state index contributed by atoms with van der Waals surface area (Å²) < 4.78 is 44.9. The molecule has 29 heavy (non-hydrogen) atoms. The maximum Gasteiger partial charge on any atom is 0.416 e. The number of morpholine rings is 1. The van der Waals surface area contributed by atoms with Crippen LogP contribution in [0.2, 0.25) is 0 Å². The van der Waals surface area contributed by atoms with E-state index in [0.717, 1.165) is 25.0 Å². The molecule has 1 aromatic rings. The lowest BCUT2D eigenvalue weighted by Crippen LogP contribution is -2.51. The van der Waals surface area contributed by atoms with Crippen LogP contribution in [0.4, 0.5) is 18.0 Å². The number of nitrogens with one attached hydrogen (secondary N) is 1. The number of amides is 3. The van der Waals surface area contributed by atoms with Gasteiger partial charge in [0.15, 0.2) is 0 Å². The third-order valence-corrected chi connectivity index (χ3v) is 5.51. The summed E-state index contributed by atoms with van der Waals surface area (Å²) in [6.07, 6.45) is -2.82. The molecule has 1 atom stereocenters. The SMILES string of the molecule is CC1=C(C(=O)N2CCOCC2)[C@H](c2cccc(C(F)(F)F)c2)NC(=O)N1C1CC1. The Hall–Kier alpha value is -2.55. The van der Waals surface area contributed by atoms with Crippen LogP contribution in [-0.2, 0) is 15.7 Å². The number of hydrogen-bond acceptors (Lipinski definition) is 3. The second-order valence-electron chi connectivity index (χ2n) is 7.51. The van der Waals surface area contributed by atoms with Crippen molar-refractivity contribution >= 4 is 11.9 Å². The van der Waals surface area contributed by atoms with Crippen LogP contribution in [0.1, 0.15) is 36.9 Å². The van der Waals surface area contributed by atoms with Gasteiger partial charge in [-0.2, -0.15) is 13.2 Å². The molecule has 3 amide bonds. The van der Waals surface area contributed by atoms with Crippen LogP contribution in [0.25, 0.3) is 0 Å².